The van der Waals surface area contributed by atoms with Gasteiger partial charge in [0.25, 0.3) is 0 Å². The molecule has 2 aromatic rings. The van der Waals surface area contributed by atoms with Gasteiger partial charge in [-0.2, -0.15) is 5.10 Å². The number of hydrogen-bond donors (Lipinski definition) is 2. The predicted octanol–water partition coefficient (Wildman–Crippen LogP) is 2.09. The molecule has 6 heteroatoms. The fraction of sp³-hybridized carbons (Fsp3) is 0.364. The van der Waals surface area contributed by atoms with Gasteiger partial charge in [-0.15, -0.1) is 0 Å². The molecule has 0 aliphatic carbocycles. The average Bonchev–Trinajstić information content (AvgIpc) is 2.94. The summed E-state index contributed by atoms with van der Waals surface area (Å²) in [5.74, 6) is 6.29. The Kier molecular flexibility index (Phi) is 3.83. The normalized spacial score (nSPS) is 12.9. The molecule has 0 bridgehead atoms. The van der Waals surface area contributed by atoms with Crippen molar-refractivity contribution in [2.45, 2.75) is 25.9 Å². The van der Waals surface area contributed by atoms with Gasteiger partial charge in [0.05, 0.1) is 23.2 Å². The third kappa shape index (κ3) is 2.36. The highest BCUT2D eigenvalue weighted by Gasteiger charge is 2.22. The van der Waals surface area contributed by atoms with Gasteiger partial charge in [-0.25, -0.2) is 5.43 Å². The number of hydrazine groups is 1. The number of furan rings is 1. The van der Waals surface area contributed by atoms with Crippen LogP contribution in [0.2, 0.25) is 5.02 Å². The summed E-state index contributed by atoms with van der Waals surface area (Å²) in [4.78, 5) is 0. The zero-order chi connectivity index (χ0) is 12.3. The number of aryl methyl sites for hydroxylation is 1. The number of halogens is 1. The molecule has 0 aromatic carbocycles. The Bertz CT molecular complexity index is 466. The van der Waals surface area contributed by atoms with Gasteiger partial charge >= 0.3 is 0 Å². The van der Waals surface area contributed by atoms with Crippen molar-refractivity contribution in [2.75, 3.05) is 0 Å². The topological polar surface area (TPSA) is 69.0 Å². The van der Waals surface area contributed by atoms with Gasteiger partial charge in [0.1, 0.15) is 11.8 Å². The lowest BCUT2D eigenvalue weighted by Gasteiger charge is -2.16. The van der Waals surface area contributed by atoms with Gasteiger partial charge in [-0.05, 0) is 18.6 Å². The Labute approximate surface area is 105 Å². The van der Waals surface area contributed by atoms with E-state index in [-0.39, 0.29) is 6.04 Å². The first-order valence-electron chi connectivity index (χ1n) is 5.48. The standard InChI is InChI=1S/C11H15ClN4O/c1-2-5-16-11(8(12)7-14-16)10(15-13)9-4-3-6-17-9/h3-4,6-7,10,15H,2,5,13H2,1H3. The zero-order valence-corrected chi connectivity index (χ0v) is 10.3. The molecule has 0 saturated carbocycles. The lowest BCUT2D eigenvalue weighted by atomic mass is 10.1. The fourth-order valence-electron chi connectivity index (χ4n) is 1.80. The molecule has 0 radical (unpaired) electrons. The van der Waals surface area contributed by atoms with Crippen LogP contribution in [0.1, 0.15) is 30.8 Å². The van der Waals surface area contributed by atoms with Crippen LogP contribution >= 0.6 is 11.6 Å². The van der Waals surface area contributed by atoms with E-state index in [1.807, 2.05) is 16.8 Å². The SMILES string of the molecule is CCCn1ncc(Cl)c1C(NN)c1ccco1. The van der Waals surface area contributed by atoms with Gasteiger partial charge in [0, 0.05) is 6.54 Å². The molecule has 2 rings (SSSR count). The van der Waals surface area contributed by atoms with Gasteiger partial charge in [-0.1, -0.05) is 18.5 Å². The molecule has 0 aliphatic rings. The minimum atomic E-state index is -0.286. The van der Waals surface area contributed by atoms with Crippen LogP contribution in [-0.4, -0.2) is 9.78 Å². The summed E-state index contributed by atoms with van der Waals surface area (Å²) >= 11 is 6.15. The molecular weight excluding hydrogens is 240 g/mol. The van der Waals surface area contributed by atoms with E-state index in [4.69, 9.17) is 21.9 Å². The van der Waals surface area contributed by atoms with Crippen LogP contribution < -0.4 is 11.3 Å². The Morgan fingerprint density at radius 3 is 3.06 bits per heavy atom. The van der Waals surface area contributed by atoms with Crippen molar-refractivity contribution in [2.24, 2.45) is 5.84 Å². The third-order valence-corrected chi connectivity index (χ3v) is 2.83. The second-order valence-electron chi connectivity index (χ2n) is 3.72. The molecule has 0 saturated heterocycles. The monoisotopic (exact) mass is 254 g/mol. The lowest BCUT2D eigenvalue weighted by molar-refractivity contribution is 0.428. The van der Waals surface area contributed by atoms with Crippen molar-refractivity contribution in [3.05, 3.63) is 41.1 Å². The quantitative estimate of drug-likeness (QED) is 0.633. The van der Waals surface area contributed by atoms with Crippen molar-refractivity contribution >= 4 is 11.6 Å². The van der Waals surface area contributed by atoms with Crippen LogP contribution in [0.15, 0.2) is 29.0 Å². The van der Waals surface area contributed by atoms with E-state index in [9.17, 15) is 0 Å². The Morgan fingerprint density at radius 2 is 2.47 bits per heavy atom. The number of rotatable bonds is 5. The molecule has 1 unspecified atom stereocenters. The Morgan fingerprint density at radius 1 is 1.65 bits per heavy atom. The van der Waals surface area contributed by atoms with Crippen LogP contribution in [0.3, 0.4) is 0 Å². The third-order valence-electron chi connectivity index (χ3n) is 2.54. The summed E-state index contributed by atoms with van der Waals surface area (Å²) in [6, 6.07) is 3.38. The number of hydrogen-bond acceptors (Lipinski definition) is 4. The molecule has 0 amide bonds. The maximum atomic E-state index is 6.15. The highest BCUT2D eigenvalue weighted by Crippen LogP contribution is 2.28. The summed E-state index contributed by atoms with van der Waals surface area (Å²) in [5.41, 5.74) is 3.53. The van der Waals surface area contributed by atoms with Crippen molar-refractivity contribution in [1.82, 2.24) is 15.2 Å². The first-order valence-corrected chi connectivity index (χ1v) is 5.86. The number of aromatic nitrogens is 2. The molecule has 0 aliphatic heterocycles. The molecule has 3 N–H and O–H groups in total. The molecule has 92 valence electrons. The summed E-state index contributed by atoms with van der Waals surface area (Å²) < 4.78 is 7.20. The second-order valence-corrected chi connectivity index (χ2v) is 4.12. The van der Waals surface area contributed by atoms with Gasteiger partial charge in [0.15, 0.2) is 0 Å². The van der Waals surface area contributed by atoms with Crippen LogP contribution in [0.4, 0.5) is 0 Å². The van der Waals surface area contributed by atoms with Crippen LogP contribution in [0.5, 0.6) is 0 Å². The van der Waals surface area contributed by atoms with Crippen LogP contribution in [-0.2, 0) is 6.54 Å². The van der Waals surface area contributed by atoms with E-state index in [0.29, 0.717) is 10.8 Å². The Balaban J connectivity index is 2.39. The first kappa shape index (κ1) is 12.2. The summed E-state index contributed by atoms with van der Waals surface area (Å²) in [6.45, 7) is 2.87. The molecular formula is C11H15ClN4O. The summed E-state index contributed by atoms with van der Waals surface area (Å²) in [5, 5.41) is 4.81. The van der Waals surface area contributed by atoms with Crippen LogP contribution in [0, 0.1) is 0 Å². The van der Waals surface area contributed by atoms with E-state index in [2.05, 4.69) is 17.4 Å². The largest absolute Gasteiger partial charge is 0.467 e. The summed E-state index contributed by atoms with van der Waals surface area (Å²) in [6.07, 6.45) is 4.20. The Hall–Kier alpha value is -1.30. The first-order chi connectivity index (χ1) is 8.27. The van der Waals surface area contributed by atoms with Crippen LogP contribution in [0.25, 0.3) is 0 Å². The van der Waals surface area contributed by atoms with E-state index in [1.54, 1.807) is 12.5 Å². The zero-order valence-electron chi connectivity index (χ0n) is 9.56. The maximum Gasteiger partial charge on any atom is 0.128 e. The van der Waals surface area contributed by atoms with Crippen molar-refractivity contribution in [3.8, 4) is 0 Å². The number of nitrogens with two attached hydrogens (primary N) is 1. The molecule has 1 atom stereocenters. The van der Waals surface area contributed by atoms with Gasteiger partial charge in [0.2, 0.25) is 0 Å². The molecule has 2 aromatic heterocycles. The van der Waals surface area contributed by atoms with Gasteiger partial charge in [-0.3, -0.25) is 10.5 Å². The molecule has 0 spiro atoms. The number of nitrogens with one attached hydrogen (secondary N) is 1. The van der Waals surface area contributed by atoms with E-state index < -0.39 is 0 Å². The lowest BCUT2D eigenvalue weighted by Crippen LogP contribution is -2.30. The molecule has 0 fully saturated rings. The highest BCUT2D eigenvalue weighted by molar-refractivity contribution is 6.31. The van der Waals surface area contributed by atoms with Crippen molar-refractivity contribution < 1.29 is 4.42 Å². The van der Waals surface area contributed by atoms with Crippen molar-refractivity contribution in [1.29, 1.82) is 0 Å². The molecule has 17 heavy (non-hydrogen) atoms. The van der Waals surface area contributed by atoms with E-state index in [0.717, 1.165) is 18.7 Å². The average molecular weight is 255 g/mol. The second kappa shape index (κ2) is 5.35. The highest BCUT2D eigenvalue weighted by atomic mass is 35.5. The minimum Gasteiger partial charge on any atom is -0.467 e. The molecule has 5 nitrogen and oxygen atoms in total. The molecule has 2 heterocycles. The summed E-state index contributed by atoms with van der Waals surface area (Å²) in [7, 11) is 0. The minimum absolute atomic E-state index is 0.286. The fourth-order valence-corrected chi connectivity index (χ4v) is 2.05. The smallest absolute Gasteiger partial charge is 0.128 e. The van der Waals surface area contributed by atoms with Crippen molar-refractivity contribution in [3.63, 3.8) is 0 Å². The van der Waals surface area contributed by atoms with E-state index in [1.165, 1.54) is 0 Å². The van der Waals surface area contributed by atoms with E-state index >= 15 is 0 Å². The maximum absolute atomic E-state index is 6.15. The number of nitrogens with zero attached hydrogens (tertiary/aromatic N) is 2. The van der Waals surface area contributed by atoms with Gasteiger partial charge < -0.3 is 4.42 Å². The predicted molar refractivity (Wildman–Crippen MR) is 65.4 cm³/mol.